The van der Waals surface area contributed by atoms with Crippen molar-refractivity contribution in [2.45, 2.75) is 12.1 Å². The number of aromatic nitrogens is 5. The molecule has 202 valence electrons. The monoisotopic (exact) mass is 553 g/mol. The standard InChI is InChI=1S/C24H23N7O7S/c1-13(32)15-7-17-18(38-12-37-17)8-16(15)27-21(33)10-39-24-29-28-23-30(11-26-31(23)24)25-9-14-5-19(34-2)22(36-4)20(6-14)35-3/h5-9,11H,10,12H2,1-4H3,(H,27,33)/b25-9+. The fourth-order valence-electron chi connectivity index (χ4n) is 3.78. The van der Waals surface area contributed by atoms with Gasteiger partial charge in [0.15, 0.2) is 28.8 Å². The highest BCUT2D eigenvalue weighted by atomic mass is 32.2. The van der Waals surface area contributed by atoms with Crippen molar-refractivity contribution in [3.8, 4) is 28.7 Å². The lowest BCUT2D eigenvalue weighted by Crippen LogP contribution is -2.16. The highest BCUT2D eigenvalue weighted by Gasteiger charge is 2.21. The van der Waals surface area contributed by atoms with E-state index in [4.69, 9.17) is 23.7 Å². The Morgan fingerprint density at radius 1 is 1.08 bits per heavy atom. The zero-order valence-electron chi connectivity index (χ0n) is 21.3. The molecule has 0 bridgehead atoms. The number of benzene rings is 2. The van der Waals surface area contributed by atoms with E-state index in [0.29, 0.717) is 56.5 Å². The first-order valence-electron chi connectivity index (χ1n) is 11.4. The van der Waals surface area contributed by atoms with Crippen LogP contribution in [0.4, 0.5) is 5.69 Å². The Bertz CT molecular complexity index is 1570. The third-order valence-corrected chi connectivity index (χ3v) is 6.51. The normalized spacial score (nSPS) is 12.2. The molecule has 0 fully saturated rings. The Kier molecular flexibility index (Phi) is 7.23. The van der Waals surface area contributed by atoms with Crippen molar-refractivity contribution in [3.63, 3.8) is 0 Å². The number of hydrogen-bond acceptors (Lipinski definition) is 12. The van der Waals surface area contributed by atoms with Crippen LogP contribution in [-0.4, -0.2) is 76.3 Å². The van der Waals surface area contributed by atoms with Crippen LogP contribution in [0.25, 0.3) is 5.78 Å². The van der Waals surface area contributed by atoms with Crippen molar-refractivity contribution in [2.75, 3.05) is 39.2 Å². The van der Waals surface area contributed by atoms with E-state index in [9.17, 15) is 9.59 Å². The Morgan fingerprint density at radius 3 is 2.46 bits per heavy atom. The predicted molar refractivity (Wildman–Crippen MR) is 140 cm³/mol. The molecular weight excluding hydrogens is 530 g/mol. The van der Waals surface area contributed by atoms with Crippen LogP contribution < -0.4 is 29.0 Å². The first-order chi connectivity index (χ1) is 18.9. The van der Waals surface area contributed by atoms with E-state index < -0.39 is 0 Å². The number of Topliss-reactive ketones (excluding diaryl/α,β-unsaturated/α-hetero) is 1. The van der Waals surface area contributed by atoms with Crippen molar-refractivity contribution in [1.82, 2.24) is 24.5 Å². The molecule has 0 radical (unpaired) electrons. The lowest BCUT2D eigenvalue weighted by molar-refractivity contribution is -0.113. The molecule has 1 aliphatic rings. The number of rotatable bonds is 10. The maximum atomic E-state index is 12.7. The molecule has 14 nitrogen and oxygen atoms in total. The number of anilines is 1. The van der Waals surface area contributed by atoms with Crippen LogP contribution in [0, 0.1) is 0 Å². The van der Waals surface area contributed by atoms with E-state index in [2.05, 4.69) is 25.7 Å². The van der Waals surface area contributed by atoms with Crippen molar-refractivity contribution in [3.05, 3.63) is 41.7 Å². The second kappa shape index (κ2) is 10.9. The van der Waals surface area contributed by atoms with Gasteiger partial charge in [-0.15, -0.1) is 10.2 Å². The summed E-state index contributed by atoms with van der Waals surface area (Å²) in [4.78, 5) is 24.7. The number of amides is 1. The Hall–Kier alpha value is -4.79. The summed E-state index contributed by atoms with van der Waals surface area (Å²) in [5, 5.41) is 20.0. The first kappa shape index (κ1) is 25.8. The van der Waals surface area contributed by atoms with Crippen LogP contribution >= 0.6 is 11.8 Å². The van der Waals surface area contributed by atoms with E-state index in [0.717, 1.165) is 11.8 Å². The molecule has 0 atom stereocenters. The molecule has 5 rings (SSSR count). The van der Waals surface area contributed by atoms with Gasteiger partial charge >= 0.3 is 0 Å². The van der Waals surface area contributed by atoms with Crippen molar-refractivity contribution in [1.29, 1.82) is 0 Å². The van der Waals surface area contributed by atoms with Gasteiger partial charge in [0.25, 0.3) is 5.78 Å². The molecule has 1 amide bonds. The fourth-order valence-corrected chi connectivity index (χ4v) is 4.47. The number of hydrogen-bond donors (Lipinski definition) is 1. The van der Waals surface area contributed by atoms with Gasteiger partial charge in [0, 0.05) is 17.2 Å². The second-order valence-corrected chi connectivity index (χ2v) is 8.96. The highest BCUT2D eigenvalue weighted by molar-refractivity contribution is 7.99. The Morgan fingerprint density at radius 2 is 1.79 bits per heavy atom. The molecule has 0 saturated carbocycles. The minimum atomic E-state index is -0.349. The summed E-state index contributed by atoms with van der Waals surface area (Å²) in [6.45, 7) is 1.47. The third-order valence-electron chi connectivity index (χ3n) is 5.59. The van der Waals surface area contributed by atoms with E-state index in [1.807, 2.05) is 0 Å². The number of ketones is 1. The summed E-state index contributed by atoms with van der Waals surface area (Å²) < 4.78 is 29.7. The molecule has 15 heteroatoms. The predicted octanol–water partition coefficient (Wildman–Crippen LogP) is 2.50. The molecule has 0 saturated heterocycles. The van der Waals surface area contributed by atoms with Crippen LogP contribution in [-0.2, 0) is 4.79 Å². The van der Waals surface area contributed by atoms with Gasteiger partial charge in [-0.05, 0) is 25.1 Å². The van der Waals surface area contributed by atoms with Crippen LogP contribution in [0.1, 0.15) is 22.8 Å². The largest absolute Gasteiger partial charge is 0.493 e. The smallest absolute Gasteiger partial charge is 0.275 e. The van der Waals surface area contributed by atoms with Gasteiger partial charge in [-0.25, -0.2) is 0 Å². The molecule has 1 aliphatic heterocycles. The highest BCUT2D eigenvalue weighted by Crippen LogP contribution is 2.38. The summed E-state index contributed by atoms with van der Waals surface area (Å²) in [7, 11) is 4.59. The summed E-state index contributed by atoms with van der Waals surface area (Å²) in [5.41, 5.74) is 1.36. The molecule has 1 N–H and O–H groups in total. The van der Waals surface area contributed by atoms with Gasteiger partial charge in [-0.2, -0.15) is 19.4 Å². The van der Waals surface area contributed by atoms with Gasteiger partial charge in [0.2, 0.25) is 23.6 Å². The summed E-state index contributed by atoms with van der Waals surface area (Å²) in [6.07, 6.45) is 3.05. The summed E-state index contributed by atoms with van der Waals surface area (Å²) in [5.74, 6) is 2.15. The maximum Gasteiger partial charge on any atom is 0.275 e. The quantitative estimate of drug-likeness (QED) is 0.175. The molecule has 4 aromatic rings. The topological polar surface area (TPSA) is 153 Å². The van der Waals surface area contributed by atoms with Gasteiger partial charge in [-0.1, -0.05) is 11.8 Å². The molecule has 39 heavy (non-hydrogen) atoms. The minimum Gasteiger partial charge on any atom is -0.493 e. The molecule has 2 aromatic carbocycles. The SMILES string of the molecule is COc1cc(/C=N/n2cnn3c(SCC(=O)Nc4cc5c(cc4C(C)=O)OCO5)nnc23)cc(OC)c1OC. The van der Waals surface area contributed by atoms with E-state index >= 15 is 0 Å². The molecule has 2 aromatic heterocycles. The van der Waals surface area contributed by atoms with E-state index in [1.54, 1.807) is 30.5 Å². The number of nitrogens with zero attached hydrogens (tertiary/aromatic N) is 6. The first-order valence-corrected chi connectivity index (χ1v) is 12.4. The number of thioether (sulfide) groups is 1. The van der Waals surface area contributed by atoms with Crippen LogP contribution in [0.15, 0.2) is 40.9 Å². The van der Waals surface area contributed by atoms with Gasteiger partial charge in [0.1, 0.15) is 6.33 Å². The number of carbonyl (C=O) groups is 2. The minimum absolute atomic E-state index is 0.00581. The summed E-state index contributed by atoms with van der Waals surface area (Å²) in [6, 6.07) is 6.63. The molecular formula is C24H23N7O7S. The molecule has 3 heterocycles. The maximum absolute atomic E-state index is 12.7. The lowest BCUT2D eigenvalue weighted by atomic mass is 10.1. The van der Waals surface area contributed by atoms with Crippen LogP contribution in [0.2, 0.25) is 0 Å². The van der Waals surface area contributed by atoms with Crippen LogP contribution in [0.3, 0.4) is 0 Å². The number of methoxy groups -OCH3 is 3. The zero-order chi connectivity index (χ0) is 27.5. The second-order valence-electron chi connectivity index (χ2n) is 8.02. The van der Waals surface area contributed by atoms with Gasteiger partial charge in [0.05, 0.1) is 39.0 Å². The van der Waals surface area contributed by atoms with Gasteiger partial charge in [-0.3, -0.25) is 9.59 Å². The molecule has 0 aliphatic carbocycles. The average molecular weight is 554 g/mol. The third kappa shape index (κ3) is 5.16. The van der Waals surface area contributed by atoms with Crippen molar-refractivity contribution < 1.29 is 33.3 Å². The van der Waals surface area contributed by atoms with E-state index in [-0.39, 0.29) is 24.2 Å². The summed E-state index contributed by atoms with van der Waals surface area (Å²) >= 11 is 1.13. The number of carbonyl (C=O) groups excluding carboxylic acids is 2. The van der Waals surface area contributed by atoms with Gasteiger partial charge < -0.3 is 29.0 Å². The van der Waals surface area contributed by atoms with Crippen molar-refractivity contribution >= 4 is 41.1 Å². The van der Waals surface area contributed by atoms with Crippen LogP contribution in [0.5, 0.6) is 28.7 Å². The van der Waals surface area contributed by atoms with E-state index in [1.165, 1.54) is 43.8 Å². The lowest BCUT2D eigenvalue weighted by Gasteiger charge is -2.12. The number of nitrogens with one attached hydrogen (secondary N) is 1. The number of fused-ring (bicyclic) bond motifs is 2. The molecule has 0 spiro atoms. The zero-order valence-corrected chi connectivity index (χ0v) is 22.1. The van der Waals surface area contributed by atoms with Crippen molar-refractivity contribution in [2.24, 2.45) is 5.10 Å². The Labute approximate surface area is 225 Å². The number of ether oxygens (including phenoxy) is 5. The molecule has 0 unspecified atom stereocenters. The Balaban J connectivity index is 1.28. The average Bonchev–Trinajstić information content (AvgIpc) is 3.66. The fraction of sp³-hybridized carbons (Fsp3) is 0.250.